The number of hydrogen-bond acceptors (Lipinski definition) is 5. The number of amides is 4. The predicted molar refractivity (Wildman–Crippen MR) is 104 cm³/mol. The minimum absolute atomic E-state index is 0.165. The zero-order valence-corrected chi connectivity index (χ0v) is 16.0. The van der Waals surface area contributed by atoms with Crippen LogP contribution in [0.3, 0.4) is 0 Å². The third-order valence-electron chi connectivity index (χ3n) is 4.31. The van der Waals surface area contributed by atoms with E-state index in [0.29, 0.717) is 22.7 Å². The Hall–Kier alpha value is -3.61. The third-order valence-corrected chi connectivity index (χ3v) is 4.31. The van der Waals surface area contributed by atoms with Crippen molar-refractivity contribution in [3.05, 3.63) is 58.7 Å². The van der Waals surface area contributed by atoms with E-state index in [1.807, 2.05) is 19.9 Å². The molecule has 1 saturated heterocycles. The number of hydrogen-bond donors (Lipinski definition) is 1. The first-order valence-electron chi connectivity index (χ1n) is 8.56. The second kappa shape index (κ2) is 7.56. The van der Waals surface area contributed by atoms with E-state index in [1.165, 1.54) is 20.3 Å². The first kappa shape index (κ1) is 19.2. The molecule has 1 fully saturated rings. The van der Waals surface area contributed by atoms with Gasteiger partial charge in [-0.05, 0) is 55.3 Å². The highest BCUT2D eigenvalue weighted by atomic mass is 16.5. The summed E-state index contributed by atoms with van der Waals surface area (Å²) in [6, 6.07) is 9.58. The maximum atomic E-state index is 13.0. The summed E-state index contributed by atoms with van der Waals surface area (Å²) in [7, 11) is 3.00. The molecular weight excluding hydrogens is 360 g/mol. The molecule has 28 heavy (non-hydrogen) atoms. The second-order valence-corrected chi connectivity index (χ2v) is 6.41. The van der Waals surface area contributed by atoms with Crippen molar-refractivity contribution in [1.29, 1.82) is 0 Å². The molecule has 2 aromatic rings. The quantitative estimate of drug-likeness (QED) is 0.651. The molecule has 0 radical (unpaired) electrons. The molecule has 0 spiro atoms. The molecule has 0 bridgehead atoms. The normalized spacial score (nSPS) is 15.6. The molecule has 0 aromatic heterocycles. The average molecular weight is 380 g/mol. The van der Waals surface area contributed by atoms with Crippen LogP contribution in [0.5, 0.6) is 11.5 Å². The number of imide groups is 2. The summed E-state index contributed by atoms with van der Waals surface area (Å²) in [6.07, 6.45) is 1.40. The summed E-state index contributed by atoms with van der Waals surface area (Å²) in [5.74, 6) is -0.446. The van der Waals surface area contributed by atoms with Gasteiger partial charge in [0.15, 0.2) is 0 Å². The maximum Gasteiger partial charge on any atom is 0.335 e. The van der Waals surface area contributed by atoms with E-state index in [4.69, 9.17) is 9.47 Å². The third kappa shape index (κ3) is 3.59. The monoisotopic (exact) mass is 380 g/mol. The molecule has 1 aliphatic rings. The fourth-order valence-electron chi connectivity index (χ4n) is 3.06. The van der Waals surface area contributed by atoms with Crippen LogP contribution in [0.2, 0.25) is 0 Å². The smallest absolute Gasteiger partial charge is 0.335 e. The van der Waals surface area contributed by atoms with Crippen LogP contribution >= 0.6 is 0 Å². The van der Waals surface area contributed by atoms with Gasteiger partial charge in [-0.2, -0.15) is 0 Å². The van der Waals surface area contributed by atoms with E-state index in [0.717, 1.165) is 16.0 Å². The first-order valence-corrected chi connectivity index (χ1v) is 8.56. The molecule has 1 heterocycles. The van der Waals surface area contributed by atoms with Gasteiger partial charge in [-0.25, -0.2) is 9.69 Å². The molecule has 7 nitrogen and oxygen atoms in total. The van der Waals surface area contributed by atoms with Gasteiger partial charge in [-0.1, -0.05) is 6.07 Å². The van der Waals surface area contributed by atoms with Crippen LogP contribution in [-0.2, 0) is 9.59 Å². The number of anilines is 1. The van der Waals surface area contributed by atoms with E-state index in [9.17, 15) is 14.4 Å². The van der Waals surface area contributed by atoms with Crippen LogP contribution in [0.1, 0.15) is 16.7 Å². The predicted octanol–water partition coefficient (Wildman–Crippen LogP) is 2.99. The summed E-state index contributed by atoms with van der Waals surface area (Å²) >= 11 is 0. The molecule has 2 aromatic carbocycles. The lowest BCUT2D eigenvalue weighted by Crippen LogP contribution is -2.54. The molecule has 0 atom stereocenters. The number of nitrogens with zero attached hydrogens (tertiary/aromatic N) is 1. The van der Waals surface area contributed by atoms with E-state index >= 15 is 0 Å². The van der Waals surface area contributed by atoms with Crippen molar-refractivity contribution >= 4 is 29.6 Å². The number of carbonyl (C=O) groups is 3. The molecule has 1 aliphatic heterocycles. The molecular formula is C21H20N2O5. The SMILES string of the molecule is COc1ccc(/C=C2\C(=O)NC(=O)N(c3cc(C)cc(C)c3)C2=O)c(OC)c1. The maximum absolute atomic E-state index is 13.0. The molecule has 0 unspecified atom stereocenters. The van der Waals surface area contributed by atoms with E-state index in [1.54, 1.807) is 30.3 Å². The van der Waals surface area contributed by atoms with Gasteiger partial charge < -0.3 is 9.47 Å². The highest BCUT2D eigenvalue weighted by Gasteiger charge is 2.37. The number of carbonyl (C=O) groups excluding carboxylic acids is 3. The Morgan fingerprint density at radius 1 is 0.929 bits per heavy atom. The van der Waals surface area contributed by atoms with Crippen LogP contribution in [-0.4, -0.2) is 32.1 Å². The Labute approximate surface area is 162 Å². The van der Waals surface area contributed by atoms with Crippen LogP contribution < -0.4 is 19.7 Å². The first-order chi connectivity index (χ1) is 13.3. The van der Waals surface area contributed by atoms with Crippen LogP contribution in [0.4, 0.5) is 10.5 Å². The average Bonchev–Trinajstić information content (AvgIpc) is 2.64. The van der Waals surface area contributed by atoms with Gasteiger partial charge in [0.2, 0.25) is 0 Å². The topological polar surface area (TPSA) is 84.9 Å². The minimum Gasteiger partial charge on any atom is -0.497 e. The number of rotatable bonds is 4. The zero-order chi connectivity index (χ0) is 20.4. The fraction of sp³-hybridized carbons (Fsp3) is 0.190. The number of benzene rings is 2. The van der Waals surface area contributed by atoms with Gasteiger partial charge in [-0.3, -0.25) is 14.9 Å². The molecule has 144 valence electrons. The van der Waals surface area contributed by atoms with Crippen molar-refractivity contribution in [1.82, 2.24) is 5.32 Å². The van der Waals surface area contributed by atoms with Crippen LogP contribution in [0, 0.1) is 13.8 Å². The number of methoxy groups -OCH3 is 2. The Bertz CT molecular complexity index is 990. The van der Waals surface area contributed by atoms with Gasteiger partial charge in [0.25, 0.3) is 11.8 Å². The second-order valence-electron chi connectivity index (χ2n) is 6.41. The Balaban J connectivity index is 2.06. The Morgan fingerprint density at radius 2 is 1.61 bits per heavy atom. The van der Waals surface area contributed by atoms with Crippen LogP contribution in [0.15, 0.2) is 42.0 Å². The summed E-state index contributed by atoms with van der Waals surface area (Å²) < 4.78 is 10.5. The van der Waals surface area contributed by atoms with Crippen molar-refractivity contribution in [3.63, 3.8) is 0 Å². The summed E-state index contributed by atoms with van der Waals surface area (Å²) in [6.45, 7) is 3.74. The molecule has 4 amide bonds. The highest BCUT2D eigenvalue weighted by molar-refractivity contribution is 6.39. The summed E-state index contributed by atoms with van der Waals surface area (Å²) in [5.41, 5.74) is 2.54. The minimum atomic E-state index is -0.779. The number of ether oxygens (including phenoxy) is 2. The van der Waals surface area contributed by atoms with Gasteiger partial charge >= 0.3 is 6.03 Å². The van der Waals surface area contributed by atoms with Crippen molar-refractivity contribution < 1.29 is 23.9 Å². The van der Waals surface area contributed by atoms with Gasteiger partial charge in [0.1, 0.15) is 17.1 Å². The number of urea groups is 1. The van der Waals surface area contributed by atoms with Gasteiger partial charge in [-0.15, -0.1) is 0 Å². The van der Waals surface area contributed by atoms with E-state index in [2.05, 4.69) is 5.32 Å². The summed E-state index contributed by atoms with van der Waals surface area (Å²) in [4.78, 5) is 38.7. The molecule has 7 heteroatoms. The van der Waals surface area contributed by atoms with Gasteiger partial charge in [0.05, 0.1) is 19.9 Å². The Morgan fingerprint density at radius 3 is 2.21 bits per heavy atom. The van der Waals surface area contributed by atoms with Crippen LogP contribution in [0.25, 0.3) is 6.08 Å². The zero-order valence-electron chi connectivity index (χ0n) is 16.0. The van der Waals surface area contributed by atoms with Crippen molar-refractivity contribution in [2.45, 2.75) is 13.8 Å². The summed E-state index contributed by atoms with van der Waals surface area (Å²) in [5, 5.41) is 2.22. The molecule has 1 N–H and O–H groups in total. The lowest BCUT2D eigenvalue weighted by molar-refractivity contribution is -0.122. The highest BCUT2D eigenvalue weighted by Crippen LogP contribution is 2.29. The number of barbiturate groups is 1. The lowest BCUT2D eigenvalue weighted by atomic mass is 10.0. The lowest BCUT2D eigenvalue weighted by Gasteiger charge is -2.27. The molecule has 0 saturated carbocycles. The largest absolute Gasteiger partial charge is 0.497 e. The van der Waals surface area contributed by atoms with E-state index in [-0.39, 0.29) is 5.57 Å². The van der Waals surface area contributed by atoms with Crippen molar-refractivity contribution in [2.24, 2.45) is 0 Å². The molecule has 3 rings (SSSR count). The Kier molecular flexibility index (Phi) is 5.17. The van der Waals surface area contributed by atoms with E-state index < -0.39 is 17.8 Å². The van der Waals surface area contributed by atoms with Gasteiger partial charge in [0, 0.05) is 11.6 Å². The van der Waals surface area contributed by atoms with Crippen molar-refractivity contribution in [3.8, 4) is 11.5 Å². The number of nitrogens with one attached hydrogen (secondary N) is 1. The number of aryl methyl sites for hydroxylation is 2. The standard InChI is InChI=1S/C21H20N2O5/c1-12-7-13(2)9-15(8-12)23-20(25)17(19(24)22-21(23)26)10-14-5-6-16(27-3)11-18(14)28-4/h5-11H,1-4H3,(H,22,24,26)/b17-10+. The fourth-order valence-corrected chi connectivity index (χ4v) is 3.06. The van der Waals surface area contributed by atoms with Crippen molar-refractivity contribution in [2.75, 3.05) is 19.1 Å². The molecule has 0 aliphatic carbocycles.